The van der Waals surface area contributed by atoms with E-state index in [1.54, 1.807) is 18.3 Å². The Kier molecular flexibility index (Phi) is 12.4. The molecule has 10 heteroatoms. The van der Waals surface area contributed by atoms with Gasteiger partial charge in [-0.25, -0.2) is 9.97 Å². The van der Waals surface area contributed by atoms with Gasteiger partial charge in [0.2, 0.25) is 11.8 Å². The van der Waals surface area contributed by atoms with Crippen LogP contribution in [0.1, 0.15) is 22.6 Å². The molecule has 0 unspecified atom stereocenters. The van der Waals surface area contributed by atoms with Crippen LogP contribution in [0.2, 0.25) is 0 Å². The molecule has 0 atom stereocenters. The molecule has 0 aliphatic carbocycles. The first-order valence-electron chi connectivity index (χ1n) is 10.1. The number of hydrogen-bond donors (Lipinski definition) is 1. The third kappa shape index (κ3) is 8.34. The molecule has 4 aromatic rings. The molecule has 0 aliphatic heterocycles. The first-order valence-corrected chi connectivity index (χ1v) is 10.1. The number of carboxylic acid groups (broad SMARTS) is 1. The van der Waals surface area contributed by atoms with E-state index in [2.05, 4.69) is 9.97 Å². The minimum absolute atomic E-state index is 0. The Morgan fingerprint density at radius 1 is 0.943 bits per heavy atom. The van der Waals surface area contributed by atoms with Crippen molar-refractivity contribution >= 4 is 43.7 Å². The van der Waals surface area contributed by atoms with E-state index in [1.807, 2.05) is 61.5 Å². The molecular weight excluding hydrogens is 480 g/mol. The SMILES string of the molecule is Cc1oc(-c2ccccc2)nc1COc1ccc(COc2ncccc2CC(=O)O)cc1.O.O.[CaH2]. The van der Waals surface area contributed by atoms with E-state index in [4.69, 9.17) is 19.0 Å². The summed E-state index contributed by atoms with van der Waals surface area (Å²) in [6.45, 7) is 2.44. The number of rotatable bonds is 9. The van der Waals surface area contributed by atoms with E-state index in [0.717, 1.165) is 22.6 Å². The van der Waals surface area contributed by atoms with Crippen molar-refractivity contribution in [2.45, 2.75) is 26.6 Å². The number of hydrogen-bond acceptors (Lipinski definition) is 6. The van der Waals surface area contributed by atoms with E-state index in [0.29, 0.717) is 29.7 Å². The Bertz CT molecular complexity index is 1200. The van der Waals surface area contributed by atoms with Crippen LogP contribution in [0.25, 0.3) is 11.5 Å². The van der Waals surface area contributed by atoms with Gasteiger partial charge in [0.05, 0.1) is 6.42 Å². The van der Waals surface area contributed by atoms with Gasteiger partial charge in [-0.2, -0.15) is 0 Å². The van der Waals surface area contributed by atoms with E-state index in [9.17, 15) is 4.79 Å². The normalized spacial score (nSPS) is 9.74. The van der Waals surface area contributed by atoms with Crippen LogP contribution in [-0.2, 0) is 24.4 Å². The van der Waals surface area contributed by atoms with Crippen molar-refractivity contribution in [2.75, 3.05) is 0 Å². The maximum absolute atomic E-state index is 11.0. The molecule has 5 N–H and O–H groups in total. The Labute approximate surface area is 232 Å². The Balaban J connectivity index is 0.00000204. The topological polar surface area (TPSA) is 158 Å². The van der Waals surface area contributed by atoms with Gasteiger partial charge >= 0.3 is 43.7 Å². The number of aryl methyl sites for hydroxylation is 1. The van der Waals surface area contributed by atoms with Gasteiger partial charge in [0, 0.05) is 17.3 Å². The number of nitrogens with zero attached hydrogens (tertiary/aromatic N) is 2. The molecule has 35 heavy (non-hydrogen) atoms. The molecule has 4 rings (SSSR count). The summed E-state index contributed by atoms with van der Waals surface area (Å²) < 4.78 is 17.3. The van der Waals surface area contributed by atoms with Gasteiger partial charge in [0.15, 0.2) is 0 Å². The summed E-state index contributed by atoms with van der Waals surface area (Å²) in [7, 11) is 0. The first-order chi connectivity index (χ1) is 15.6. The Morgan fingerprint density at radius 3 is 2.34 bits per heavy atom. The molecule has 0 saturated heterocycles. The minimum atomic E-state index is -0.928. The van der Waals surface area contributed by atoms with Crippen molar-refractivity contribution in [2.24, 2.45) is 0 Å². The molecule has 2 aromatic heterocycles. The molecule has 2 aromatic carbocycles. The van der Waals surface area contributed by atoms with Crippen LogP contribution >= 0.6 is 0 Å². The summed E-state index contributed by atoms with van der Waals surface area (Å²) in [5.74, 6) is 1.39. The number of aliphatic carboxylic acids is 1. The van der Waals surface area contributed by atoms with E-state index in [1.165, 1.54) is 0 Å². The van der Waals surface area contributed by atoms with Crippen LogP contribution < -0.4 is 9.47 Å². The van der Waals surface area contributed by atoms with Gasteiger partial charge in [-0.05, 0) is 42.8 Å². The zero-order chi connectivity index (χ0) is 22.3. The van der Waals surface area contributed by atoms with Gasteiger partial charge in [0.25, 0.3) is 0 Å². The van der Waals surface area contributed by atoms with Crippen molar-refractivity contribution < 1.29 is 34.7 Å². The number of pyridine rings is 1. The predicted molar refractivity (Wildman–Crippen MR) is 133 cm³/mol. The van der Waals surface area contributed by atoms with Gasteiger partial charge in [-0.1, -0.05) is 36.4 Å². The Morgan fingerprint density at radius 2 is 1.66 bits per heavy atom. The second kappa shape index (κ2) is 14.4. The molecule has 0 spiro atoms. The molecule has 2 heterocycles. The van der Waals surface area contributed by atoms with Crippen LogP contribution in [0.5, 0.6) is 11.6 Å². The third-order valence-corrected chi connectivity index (χ3v) is 4.78. The molecule has 9 nitrogen and oxygen atoms in total. The van der Waals surface area contributed by atoms with Crippen molar-refractivity contribution in [3.8, 4) is 23.1 Å². The summed E-state index contributed by atoms with van der Waals surface area (Å²) in [6, 6.07) is 20.6. The zero-order valence-electron chi connectivity index (χ0n) is 18.5. The molecule has 0 saturated carbocycles. The van der Waals surface area contributed by atoms with Crippen molar-refractivity contribution in [3.63, 3.8) is 0 Å². The van der Waals surface area contributed by atoms with Crippen LogP contribution in [0.4, 0.5) is 0 Å². The van der Waals surface area contributed by atoms with E-state index >= 15 is 0 Å². The fourth-order valence-electron chi connectivity index (χ4n) is 3.10. The van der Waals surface area contributed by atoms with Crippen LogP contribution in [0.3, 0.4) is 0 Å². The van der Waals surface area contributed by atoms with Crippen LogP contribution in [0, 0.1) is 6.92 Å². The summed E-state index contributed by atoms with van der Waals surface area (Å²) in [5.41, 5.74) is 3.12. The monoisotopic (exact) mass is 508 g/mol. The molecule has 0 amide bonds. The molecule has 0 bridgehead atoms. The standard InChI is InChI=1S/C25H22N2O5.Ca.2H2O.2H/c1-17-22(27-25(32-17)19-6-3-2-4-7-19)16-30-21-11-9-18(10-12-21)15-31-24-20(14-23(28)29)8-5-13-26-24;;;;;/h2-13H,14-16H2,1H3,(H,28,29);;2*1H2;;. The number of aromatic nitrogens is 2. The fraction of sp³-hybridized carbons (Fsp3) is 0.160. The van der Waals surface area contributed by atoms with E-state index < -0.39 is 5.97 Å². The van der Waals surface area contributed by atoms with Gasteiger partial charge in [-0.3, -0.25) is 4.79 Å². The second-order valence-electron chi connectivity index (χ2n) is 7.15. The molecule has 0 radical (unpaired) electrons. The third-order valence-electron chi connectivity index (χ3n) is 4.78. The molecular formula is C25H28CaN2O7. The molecule has 0 aliphatic rings. The number of carboxylic acids is 1. The fourth-order valence-corrected chi connectivity index (χ4v) is 3.10. The molecule has 0 fully saturated rings. The summed E-state index contributed by atoms with van der Waals surface area (Å²) in [6.07, 6.45) is 1.44. The average molecular weight is 509 g/mol. The van der Waals surface area contributed by atoms with Gasteiger partial charge in [-0.15, -0.1) is 0 Å². The number of oxazole rings is 1. The Hall–Kier alpha value is -2.95. The van der Waals surface area contributed by atoms with Gasteiger partial charge in [0.1, 0.15) is 30.4 Å². The average Bonchev–Trinajstić information content (AvgIpc) is 3.18. The summed E-state index contributed by atoms with van der Waals surface area (Å²) >= 11 is 0. The maximum atomic E-state index is 11.0. The summed E-state index contributed by atoms with van der Waals surface area (Å²) in [5, 5.41) is 9.01. The van der Waals surface area contributed by atoms with Crippen molar-refractivity contribution in [1.29, 1.82) is 0 Å². The number of carbonyl (C=O) groups is 1. The van der Waals surface area contributed by atoms with Gasteiger partial charge < -0.3 is 29.9 Å². The molecule has 182 valence electrons. The quantitative estimate of drug-likeness (QED) is 0.340. The van der Waals surface area contributed by atoms with Crippen molar-refractivity contribution in [1.82, 2.24) is 9.97 Å². The zero-order valence-corrected chi connectivity index (χ0v) is 18.5. The van der Waals surface area contributed by atoms with Crippen LogP contribution in [0.15, 0.2) is 77.3 Å². The second-order valence-corrected chi connectivity index (χ2v) is 7.15. The number of ether oxygens (including phenoxy) is 2. The van der Waals surface area contributed by atoms with Crippen LogP contribution in [-0.4, -0.2) is 69.7 Å². The summed E-state index contributed by atoms with van der Waals surface area (Å²) in [4.78, 5) is 19.7. The predicted octanol–water partition coefficient (Wildman–Crippen LogP) is 2.26. The van der Waals surface area contributed by atoms with E-state index in [-0.39, 0.29) is 61.7 Å². The van der Waals surface area contributed by atoms with Crippen molar-refractivity contribution in [3.05, 3.63) is 95.5 Å². The first kappa shape index (κ1) is 30.1. The number of benzene rings is 2.